The Kier molecular flexibility index (Phi) is 3.00. The molecule has 25 heavy (non-hydrogen) atoms. The van der Waals surface area contributed by atoms with Crippen molar-refractivity contribution in [3.8, 4) is 11.3 Å². The third kappa shape index (κ3) is 2.16. The minimum absolute atomic E-state index is 0.0500. The summed E-state index contributed by atoms with van der Waals surface area (Å²) in [5, 5.41) is 4.39. The first-order valence-corrected chi connectivity index (χ1v) is 8.15. The van der Waals surface area contributed by atoms with Crippen LogP contribution >= 0.6 is 0 Å². The number of carbonyl (C=O) groups excluding carboxylic acids is 1. The third-order valence-corrected chi connectivity index (χ3v) is 4.48. The number of aromatic nitrogens is 5. The smallest absolute Gasteiger partial charge is 0.274 e. The Hall–Kier alpha value is -3.35. The highest BCUT2D eigenvalue weighted by Gasteiger charge is 2.28. The summed E-state index contributed by atoms with van der Waals surface area (Å²) in [5.74, 6) is -0.0500. The second kappa shape index (κ2) is 5.34. The molecule has 1 aromatic carbocycles. The molecule has 0 aliphatic carbocycles. The summed E-state index contributed by atoms with van der Waals surface area (Å²) in [5.41, 5.74) is 4.21. The molecule has 1 fully saturated rings. The lowest BCUT2D eigenvalue weighted by atomic mass is 10.1. The second-order valence-corrected chi connectivity index (χ2v) is 6.01. The molecule has 1 aliphatic rings. The van der Waals surface area contributed by atoms with E-state index in [1.807, 2.05) is 35.2 Å². The number of nitrogens with zero attached hydrogens (tertiary/aromatic N) is 6. The van der Waals surface area contributed by atoms with Gasteiger partial charge in [0.05, 0.1) is 11.0 Å². The number of imidazole rings is 1. The van der Waals surface area contributed by atoms with E-state index in [2.05, 4.69) is 20.1 Å². The standard InChI is InChI=1S/C18H14N6O/c25-18(23-9-2-10-23)16-17(24-15(22-16)3-1-6-21-24)12-4-5-13-14(11-12)20-8-7-19-13/h1,3-8,11H,2,9-10H2. The van der Waals surface area contributed by atoms with Crippen LogP contribution in [0, 0.1) is 0 Å². The molecule has 0 atom stereocenters. The first-order valence-electron chi connectivity index (χ1n) is 8.15. The van der Waals surface area contributed by atoms with E-state index in [0.29, 0.717) is 17.0 Å². The predicted molar refractivity (Wildman–Crippen MR) is 92.0 cm³/mol. The van der Waals surface area contributed by atoms with Crippen LogP contribution in [0.25, 0.3) is 27.9 Å². The Bertz CT molecular complexity index is 1110. The van der Waals surface area contributed by atoms with Gasteiger partial charge in [-0.05, 0) is 30.7 Å². The highest BCUT2D eigenvalue weighted by atomic mass is 16.2. The number of rotatable bonds is 2. The van der Waals surface area contributed by atoms with Gasteiger partial charge >= 0.3 is 0 Å². The molecular formula is C18H14N6O. The number of likely N-dealkylation sites (tertiary alicyclic amines) is 1. The zero-order chi connectivity index (χ0) is 16.8. The lowest BCUT2D eigenvalue weighted by Gasteiger charge is -2.30. The number of carbonyl (C=O) groups is 1. The zero-order valence-electron chi connectivity index (χ0n) is 13.3. The van der Waals surface area contributed by atoms with E-state index < -0.39 is 0 Å². The fourth-order valence-corrected chi connectivity index (χ4v) is 3.08. The van der Waals surface area contributed by atoms with Crippen molar-refractivity contribution in [3.05, 3.63) is 54.6 Å². The average molecular weight is 330 g/mol. The average Bonchev–Trinajstić information content (AvgIpc) is 2.99. The molecule has 0 unspecified atom stereocenters. The monoisotopic (exact) mass is 330 g/mol. The highest BCUT2D eigenvalue weighted by Crippen LogP contribution is 2.28. The van der Waals surface area contributed by atoms with E-state index in [1.54, 1.807) is 23.1 Å². The molecular weight excluding hydrogens is 316 g/mol. The van der Waals surface area contributed by atoms with Gasteiger partial charge in [0.2, 0.25) is 0 Å². The third-order valence-electron chi connectivity index (χ3n) is 4.48. The molecule has 1 aliphatic heterocycles. The van der Waals surface area contributed by atoms with Gasteiger partial charge in [-0.1, -0.05) is 6.07 Å². The number of fused-ring (bicyclic) bond motifs is 2. The molecule has 0 N–H and O–H groups in total. The molecule has 0 bridgehead atoms. The van der Waals surface area contributed by atoms with Gasteiger partial charge in [-0.25, -0.2) is 9.50 Å². The van der Waals surface area contributed by atoms with Crippen molar-refractivity contribution < 1.29 is 4.79 Å². The van der Waals surface area contributed by atoms with Crippen LogP contribution in [0.3, 0.4) is 0 Å². The van der Waals surface area contributed by atoms with Crippen molar-refractivity contribution in [2.75, 3.05) is 13.1 Å². The molecule has 4 heterocycles. The summed E-state index contributed by atoms with van der Waals surface area (Å²) in [6.07, 6.45) is 6.05. The number of hydrogen-bond acceptors (Lipinski definition) is 5. The van der Waals surface area contributed by atoms with Gasteiger partial charge in [0, 0.05) is 37.2 Å². The Morgan fingerprint density at radius 3 is 2.64 bits per heavy atom. The molecule has 7 heteroatoms. The molecule has 4 aromatic rings. The van der Waals surface area contributed by atoms with Crippen LogP contribution in [-0.4, -0.2) is 48.5 Å². The van der Waals surface area contributed by atoms with Gasteiger partial charge in [0.15, 0.2) is 11.3 Å². The predicted octanol–water partition coefficient (Wildman–Crippen LogP) is 2.19. The van der Waals surface area contributed by atoms with Crippen LogP contribution in [0.5, 0.6) is 0 Å². The van der Waals surface area contributed by atoms with E-state index in [9.17, 15) is 4.79 Å². The van der Waals surface area contributed by atoms with Gasteiger partial charge in [0.25, 0.3) is 5.91 Å². The van der Waals surface area contributed by atoms with Gasteiger partial charge in [-0.3, -0.25) is 14.8 Å². The minimum atomic E-state index is -0.0500. The summed E-state index contributed by atoms with van der Waals surface area (Å²) in [6.45, 7) is 1.56. The van der Waals surface area contributed by atoms with Gasteiger partial charge < -0.3 is 4.90 Å². The van der Waals surface area contributed by atoms with Crippen molar-refractivity contribution in [2.45, 2.75) is 6.42 Å². The molecule has 0 saturated carbocycles. The molecule has 0 spiro atoms. The zero-order valence-corrected chi connectivity index (χ0v) is 13.3. The van der Waals surface area contributed by atoms with E-state index in [-0.39, 0.29) is 5.91 Å². The summed E-state index contributed by atoms with van der Waals surface area (Å²) in [7, 11) is 0. The molecule has 1 amide bonds. The normalized spacial score (nSPS) is 14.0. The Labute approximate surface area is 143 Å². The summed E-state index contributed by atoms with van der Waals surface area (Å²) in [4.78, 5) is 27.9. The Morgan fingerprint density at radius 1 is 1.00 bits per heavy atom. The summed E-state index contributed by atoms with van der Waals surface area (Å²) in [6, 6.07) is 9.42. The van der Waals surface area contributed by atoms with Crippen molar-refractivity contribution in [1.29, 1.82) is 0 Å². The maximum Gasteiger partial charge on any atom is 0.274 e. The molecule has 1 saturated heterocycles. The lowest BCUT2D eigenvalue weighted by molar-refractivity contribution is 0.0647. The largest absolute Gasteiger partial charge is 0.337 e. The highest BCUT2D eigenvalue weighted by molar-refractivity contribution is 6.00. The topological polar surface area (TPSA) is 76.3 Å². The summed E-state index contributed by atoms with van der Waals surface area (Å²) < 4.78 is 1.71. The molecule has 7 nitrogen and oxygen atoms in total. The van der Waals surface area contributed by atoms with Crippen LogP contribution < -0.4 is 0 Å². The first kappa shape index (κ1) is 14.0. The van der Waals surface area contributed by atoms with Crippen molar-refractivity contribution in [2.24, 2.45) is 0 Å². The first-order chi connectivity index (χ1) is 12.3. The lowest BCUT2D eigenvalue weighted by Crippen LogP contribution is -2.42. The number of hydrogen-bond donors (Lipinski definition) is 0. The van der Waals surface area contributed by atoms with Crippen LogP contribution in [0.1, 0.15) is 16.9 Å². The van der Waals surface area contributed by atoms with Gasteiger partial charge in [-0.15, -0.1) is 0 Å². The van der Waals surface area contributed by atoms with Crippen molar-refractivity contribution in [1.82, 2.24) is 29.5 Å². The van der Waals surface area contributed by atoms with E-state index in [4.69, 9.17) is 0 Å². The minimum Gasteiger partial charge on any atom is -0.337 e. The maximum absolute atomic E-state index is 12.8. The van der Waals surface area contributed by atoms with Crippen molar-refractivity contribution in [3.63, 3.8) is 0 Å². The molecule has 3 aromatic heterocycles. The van der Waals surface area contributed by atoms with E-state index >= 15 is 0 Å². The Morgan fingerprint density at radius 2 is 1.84 bits per heavy atom. The quantitative estimate of drug-likeness (QED) is 0.563. The fourth-order valence-electron chi connectivity index (χ4n) is 3.08. The van der Waals surface area contributed by atoms with Crippen LogP contribution in [0.2, 0.25) is 0 Å². The molecule has 5 rings (SSSR count). The van der Waals surface area contributed by atoms with Crippen LogP contribution in [0.15, 0.2) is 48.9 Å². The van der Waals surface area contributed by atoms with E-state index in [1.165, 1.54) is 0 Å². The number of benzene rings is 1. The van der Waals surface area contributed by atoms with Crippen LogP contribution in [-0.2, 0) is 0 Å². The molecule has 0 radical (unpaired) electrons. The van der Waals surface area contributed by atoms with Crippen LogP contribution in [0.4, 0.5) is 0 Å². The molecule has 122 valence electrons. The SMILES string of the molecule is O=C(c1nc2cccnn2c1-c1ccc2nccnc2c1)N1CCC1. The summed E-state index contributed by atoms with van der Waals surface area (Å²) >= 11 is 0. The second-order valence-electron chi connectivity index (χ2n) is 6.01. The Balaban J connectivity index is 1.76. The van der Waals surface area contributed by atoms with Gasteiger partial charge in [0.1, 0.15) is 5.69 Å². The maximum atomic E-state index is 12.8. The number of amides is 1. The van der Waals surface area contributed by atoms with E-state index in [0.717, 1.165) is 36.1 Å². The van der Waals surface area contributed by atoms with Gasteiger partial charge in [-0.2, -0.15) is 5.10 Å². The van der Waals surface area contributed by atoms with Crippen molar-refractivity contribution >= 4 is 22.6 Å². The fraction of sp³-hybridized carbons (Fsp3) is 0.167.